The van der Waals surface area contributed by atoms with Crippen LogP contribution in [0.1, 0.15) is 13.3 Å². The number of nitrogens with zero attached hydrogens (tertiary/aromatic N) is 1. The second-order valence-electron chi connectivity index (χ2n) is 7.56. The minimum absolute atomic E-state index is 0.0349. The van der Waals surface area contributed by atoms with E-state index in [2.05, 4.69) is 6.58 Å². The van der Waals surface area contributed by atoms with Crippen molar-refractivity contribution >= 4 is 49.7 Å². The first-order valence-corrected chi connectivity index (χ1v) is 9.79. The number of ether oxygens (including phenoxy) is 1. The SMILES string of the molecule is C=C(C)C(=O)OCCCn1c(=O)c2c(N)c3c(=O)c4ccccc4c(=O)c3c(N)c2c1=O. The normalized spacial score (nSPS) is 11.4. The van der Waals surface area contributed by atoms with E-state index in [1.807, 2.05) is 0 Å². The first-order chi connectivity index (χ1) is 15.2. The quantitative estimate of drug-likeness (QED) is 0.118. The van der Waals surface area contributed by atoms with Crippen LogP contribution in [0.2, 0.25) is 0 Å². The molecule has 4 rings (SSSR count). The number of anilines is 2. The van der Waals surface area contributed by atoms with Gasteiger partial charge in [-0.2, -0.15) is 0 Å². The number of carbonyl (C=O) groups excluding carboxylic acids is 1. The Balaban J connectivity index is 1.95. The highest BCUT2D eigenvalue weighted by Crippen LogP contribution is 2.31. The fourth-order valence-electron chi connectivity index (χ4n) is 3.93. The van der Waals surface area contributed by atoms with Crippen molar-refractivity contribution in [1.82, 2.24) is 4.57 Å². The van der Waals surface area contributed by atoms with Crippen LogP contribution in [0.5, 0.6) is 0 Å². The van der Waals surface area contributed by atoms with Gasteiger partial charge in [0.1, 0.15) is 0 Å². The van der Waals surface area contributed by atoms with Gasteiger partial charge in [-0.15, -0.1) is 0 Å². The van der Waals surface area contributed by atoms with Gasteiger partial charge in [0.25, 0.3) is 11.1 Å². The Kier molecular flexibility index (Phi) is 4.89. The third kappa shape index (κ3) is 2.89. The zero-order chi connectivity index (χ0) is 23.3. The van der Waals surface area contributed by atoms with Gasteiger partial charge in [0.2, 0.25) is 0 Å². The number of hydrogen-bond donors (Lipinski definition) is 2. The van der Waals surface area contributed by atoms with E-state index in [1.165, 1.54) is 19.1 Å². The van der Waals surface area contributed by atoms with Gasteiger partial charge in [-0.25, -0.2) is 4.79 Å². The van der Waals surface area contributed by atoms with Crippen LogP contribution in [0, 0.1) is 0 Å². The minimum atomic E-state index is -0.720. The van der Waals surface area contributed by atoms with Crippen LogP contribution in [0.4, 0.5) is 11.4 Å². The molecule has 0 bridgehead atoms. The summed E-state index contributed by atoms with van der Waals surface area (Å²) in [6.07, 6.45) is 0.174. The molecule has 32 heavy (non-hydrogen) atoms. The second kappa shape index (κ2) is 7.45. The van der Waals surface area contributed by atoms with Crippen LogP contribution in [-0.2, 0) is 16.1 Å². The van der Waals surface area contributed by atoms with Crippen LogP contribution >= 0.6 is 0 Å². The molecule has 9 heteroatoms. The number of hydrogen-bond acceptors (Lipinski definition) is 8. The fraction of sp³-hybridized carbons (Fsp3) is 0.174. The van der Waals surface area contributed by atoms with Crippen LogP contribution in [0.25, 0.3) is 32.3 Å². The summed E-state index contributed by atoms with van der Waals surface area (Å²) < 4.78 is 5.89. The maximum Gasteiger partial charge on any atom is 0.333 e. The maximum absolute atomic E-state index is 13.1. The largest absolute Gasteiger partial charge is 0.462 e. The number of aromatic nitrogens is 1. The molecular formula is C23H19N3O6. The highest BCUT2D eigenvalue weighted by molar-refractivity contribution is 6.20. The molecule has 0 radical (unpaired) electrons. The molecule has 4 N–H and O–H groups in total. The molecule has 162 valence electrons. The number of fused-ring (bicyclic) bond motifs is 3. The highest BCUT2D eigenvalue weighted by Gasteiger charge is 2.25. The van der Waals surface area contributed by atoms with E-state index in [9.17, 15) is 24.0 Å². The summed E-state index contributed by atoms with van der Waals surface area (Å²) in [6, 6.07) is 6.21. The highest BCUT2D eigenvalue weighted by atomic mass is 16.5. The van der Waals surface area contributed by atoms with Crippen molar-refractivity contribution in [3.05, 3.63) is 77.6 Å². The Hall–Kier alpha value is -4.27. The molecule has 0 fully saturated rings. The first kappa shape index (κ1) is 21.0. The molecule has 0 amide bonds. The van der Waals surface area contributed by atoms with E-state index in [0.717, 1.165) is 4.57 Å². The Bertz CT molecular complexity index is 1570. The zero-order valence-electron chi connectivity index (χ0n) is 17.2. The molecule has 0 unspecified atom stereocenters. The molecule has 0 saturated carbocycles. The van der Waals surface area contributed by atoms with Crippen molar-refractivity contribution in [2.45, 2.75) is 19.9 Å². The van der Waals surface area contributed by atoms with Crippen LogP contribution in [-0.4, -0.2) is 17.1 Å². The van der Waals surface area contributed by atoms with Crippen molar-refractivity contribution in [2.24, 2.45) is 0 Å². The van der Waals surface area contributed by atoms with Crippen molar-refractivity contribution in [1.29, 1.82) is 0 Å². The second-order valence-corrected chi connectivity index (χ2v) is 7.56. The van der Waals surface area contributed by atoms with E-state index in [0.29, 0.717) is 0 Å². The Morgan fingerprint density at radius 2 is 1.38 bits per heavy atom. The lowest BCUT2D eigenvalue weighted by Gasteiger charge is -2.07. The number of rotatable bonds is 5. The first-order valence-electron chi connectivity index (χ1n) is 9.79. The Morgan fingerprint density at radius 1 is 0.906 bits per heavy atom. The van der Waals surface area contributed by atoms with Crippen LogP contribution in [0.3, 0.4) is 0 Å². The minimum Gasteiger partial charge on any atom is -0.462 e. The summed E-state index contributed by atoms with van der Waals surface area (Å²) in [5.74, 6) is -0.579. The fourth-order valence-corrected chi connectivity index (χ4v) is 3.93. The molecule has 0 aliphatic rings. The molecule has 0 atom stereocenters. The summed E-state index contributed by atoms with van der Waals surface area (Å²) >= 11 is 0. The average Bonchev–Trinajstić information content (AvgIpc) is 3.02. The van der Waals surface area contributed by atoms with Gasteiger partial charge in [-0.1, -0.05) is 30.8 Å². The monoisotopic (exact) mass is 433 g/mol. The molecule has 1 heterocycles. The lowest BCUT2D eigenvalue weighted by Crippen LogP contribution is -2.26. The van der Waals surface area contributed by atoms with Crippen molar-refractivity contribution in [2.75, 3.05) is 18.1 Å². The molecule has 0 aliphatic carbocycles. The third-order valence-corrected chi connectivity index (χ3v) is 5.47. The number of nitrogen functional groups attached to an aromatic ring is 2. The van der Waals surface area contributed by atoms with E-state index in [1.54, 1.807) is 12.1 Å². The van der Waals surface area contributed by atoms with Crippen LogP contribution < -0.4 is 33.4 Å². The topological polar surface area (TPSA) is 152 Å². The molecule has 3 aromatic carbocycles. The summed E-state index contributed by atoms with van der Waals surface area (Å²) in [6.45, 7) is 4.87. The predicted molar refractivity (Wildman–Crippen MR) is 124 cm³/mol. The van der Waals surface area contributed by atoms with Gasteiger partial charge in [0.15, 0.2) is 10.9 Å². The molecule has 0 spiro atoms. The molecule has 0 saturated heterocycles. The maximum atomic E-state index is 13.1. The third-order valence-electron chi connectivity index (χ3n) is 5.47. The van der Waals surface area contributed by atoms with Crippen molar-refractivity contribution in [3.63, 3.8) is 0 Å². The van der Waals surface area contributed by atoms with Crippen molar-refractivity contribution in [3.8, 4) is 0 Å². The number of carbonyl (C=O) groups is 1. The van der Waals surface area contributed by atoms with E-state index < -0.39 is 27.9 Å². The van der Waals surface area contributed by atoms with Crippen molar-refractivity contribution < 1.29 is 9.53 Å². The van der Waals surface area contributed by atoms with Gasteiger partial charge in [0.05, 0.1) is 39.5 Å². The van der Waals surface area contributed by atoms with E-state index in [4.69, 9.17) is 16.2 Å². The standard InChI is InChI=1S/C23H19N3O6/c1-10(2)23(31)32-9-5-8-26-21(29)15-16(22(26)30)18(25)14-13(17(15)24)19(27)11-6-3-4-7-12(11)20(14)28/h3-4,6-7H,1,5,8-9,24-25H2,2H3. The predicted octanol–water partition coefficient (Wildman–Crippen LogP) is 0.938. The number of nitrogens with two attached hydrogens (primary N) is 2. The molecule has 0 aliphatic heterocycles. The van der Waals surface area contributed by atoms with Gasteiger partial charge in [0, 0.05) is 22.9 Å². The van der Waals surface area contributed by atoms with Crippen LogP contribution in [0.15, 0.2) is 55.6 Å². The average molecular weight is 433 g/mol. The van der Waals surface area contributed by atoms with Gasteiger partial charge in [-0.05, 0) is 13.3 Å². The molecular weight excluding hydrogens is 414 g/mol. The summed E-state index contributed by atoms with van der Waals surface area (Å²) in [5, 5.41) is -0.392. The molecule has 4 aromatic rings. The molecule has 9 nitrogen and oxygen atoms in total. The Labute approximate surface area is 179 Å². The van der Waals surface area contributed by atoms with E-state index in [-0.39, 0.29) is 68.8 Å². The van der Waals surface area contributed by atoms with Gasteiger partial charge < -0.3 is 16.2 Å². The lowest BCUT2D eigenvalue weighted by molar-refractivity contribution is -0.139. The zero-order valence-corrected chi connectivity index (χ0v) is 17.2. The van der Waals surface area contributed by atoms with Gasteiger partial charge in [-0.3, -0.25) is 23.7 Å². The Morgan fingerprint density at radius 3 is 1.81 bits per heavy atom. The number of esters is 1. The summed E-state index contributed by atoms with van der Waals surface area (Å²) in [4.78, 5) is 63.6. The molecule has 1 aromatic heterocycles. The smallest absolute Gasteiger partial charge is 0.333 e. The summed E-state index contributed by atoms with van der Waals surface area (Å²) in [7, 11) is 0. The summed E-state index contributed by atoms with van der Waals surface area (Å²) in [5.41, 5.74) is 9.57. The van der Waals surface area contributed by atoms with Gasteiger partial charge >= 0.3 is 5.97 Å². The van der Waals surface area contributed by atoms with E-state index >= 15 is 0 Å². The lowest BCUT2D eigenvalue weighted by atomic mass is 9.97. The number of benzene rings is 3.